The van der Waals surface area contributed by atoms with Crippen LogP contribution in [0.3, 0.4) is 0 Å². The van der Waals surface area contributed by atoms with E-state index < -0.39 is 0 Å². The first-order valence-electron chi connectivity index (χ1n) is 6.19. The summed E-state index contributed by atoms with van der Waals surface area (Å²) in [4.78, 5) is 13.8. The average molecular weight is 323 g/mol. The van der Waals surface area contributed by atoms with Crippen LogP contribution >= 0.6 is 10.2 Å². The van der Waals surface area contributed by atoms with Gasteiger partial charge in [-0.05, 0) is 0 Å². The summed E-state index contributed by atoms with van der Waals surface area (Å²) in [5, 5.41) is 4.87. The molecule has 0 aromatic carbocycles. The van der Waals surface area contributed by atoms with Crippen LogP contribution in [0.1, 0.15) is 12.8 Å². The van der Waals surface area contributed by atoms with E-state index in [0.717, 1.165) is 33.5 Å². The van der Waals surface area contributed by atoms with E-state index in [-0.39, 0.29) is 5.91 Å². The average Bonchev–Trinajstić information content (AvgIpc) is 2.41. The van der Waals surface area contributed by atoms with Gasteiger partial charge in [-0.15, -0.1) is 0 Å². The fourth-order valence-electron chi connectivity index (χ4n) is 1.98. The third-order valence-electron chi connectivity index (χ3n) is 3.04. The Balaban J connectivity index is 1.58. The van der Waals surface area contributed by atoms with Gasteiger partial charge in [0.25, 0.3) is 0 Å². The van der Waals surface area contributed by atoms with Crippen LogP contribution in [0.5, 0.6) is 0 Å². The van der Waals surface area contributed by atoms with Gasteiger partial charge < -0.3 is 0 Å². The molecule has 2 aliphatic heterocycles. The van der Waals surface area contributed by atoms with E-state index in [1.807, 2.05) is 4.90 Å². The van der Waals surface area contributed by atoms with Crippen LogP contribution in [-0.4, -0.2) is 69.3 Å². The maximum atomic E-state index is 11.9. The first-order valence-corrected chi connectivity index (χ1v) is 10.4. The van der Waals surface area contributed by atoms with Gasteiger partial charge in [0, 0.05) is 0 Å². The van der Waals surface area contributed by atoms with Crippen LogP contribution in [0.15, 0.2) is 0 Å². The molecule has 0 saturated carbocycles. The number of hydrogen-bond donors (Lipinski definition) is 1. The number of amides is 1. The first kappa shape index (κ1) is 13.7. The van der Waals surface area contributed by atoms with Crippen molar-refractivity contribution >= 4 is 29.9 Å². The zero-order valence-corrected chi connectivity index (χ0v) is 12.6. The summed E-state index contributed by atoms with van der Waals surface area (Å²) in [5.74, 6) is 1.50. The van der Waals surface area contributed by atoms with Crippen molar-refractivity contribution in [3.8, 4) is 0 Å². The van der Waals surface area contributed by atoms with E-state index >= 15 is 0 Å². The second kappa shape index (κ2) is 7.64. The van der Waals surface area contributed by atoms with Crippen LogP contribution in [-0.2, 0) is 9.53 Å². The Labute approximate surface area is 112 Å². The summed E-state index contributed by atoms with van der Waals surface area (Å²) >= 11 is 0.807. The van der Waals surface area contributed by atoms with Crippen LogP contribution in [0, 0.1) is 0 Å². The Bertz CT molecular complexity index is 244. The van der Waals surface area contributed by atoms with Crippen molar-refractivity contribution in [3.63, 3.8) is 0 Å². The monoisotopic (exact) mass is 324 g/mol. The molecule has 1 atom stereocenters. The van der Waals surface area contributed by atoms with Gasteiger partial charge in [0.15, 0.2) is 0 Å². The van der Waals surface area contributed by atoms with Gasteiger partial charge >= 0.3 is 112 Å². The Hall–Kier alpha value is 0.259. The minimum absolute atomic E-state index is 0.272. The van der Waals surface area contributed by atoms with Crippen molar-refractivity contribution in [1.82, 2.24) is 10.2 Å². The molecule has 2 rings (SSSR count). The Morgan fingerprint density at radius 3 is 3.00 bits per heavy atom. The number of carbonyl (C=O) groups is 1. The molecule has 1 amide bonds. The third kappa shape index (κ3) is 4.79. The van der Waals surface area contributed by atoms with Crippen molar-refractivity contribution in [2.24, 2.45) is 0 Å². The Morgan fingerprint density at radius 2 is 2.29 bits per heavy atom. The van der Waals surface area contributed by atoms with Crippen LogP contribution in [0.4, 0.5) is 0 Å². The van der Waals surface area contributed by atoms with Crippen molar-refractivity contribution in [3.05, 3.63) is 0 Å². The summed E-state index contributed by atoms with van der Waals surface area (Å²) < 4.78 is 5.24. The number of ether oxygens (including phenoxy) is 1. The molecule has 0 bridgehead atoms. The predicted molar refractivity (Wildman–Crippen MR) is 71.4 cm³/mol. The molecule has 0 radical (unpaired) electrons. The molecular weight excluding hydrogens is 303 g/mol. The molecule has 4 nitrogen and oxygen atoms in total. The van der Waals surface area contributed by atoms with Crippen molar-refractivity contribution in [2.45, 2.75) is 24.2 Å². The molecule has 2 fully saturated rings. The molecule has 1 N–H and O–H groups in total. The van der Waals surface area contributed by atoms with E-state index in [2.05, 4.69) is 15.5 Å². The summed E-state index contributed by atoms with van der Waals surface area (Å²) in [7, 11) is 2.08. The quantitative estimate of drug-likeness (QED) is 0.759. The molecule has 6 heteroatoms. The number of hydrogen-bond acceptors (Lipinski definition) is 4. The van der Waals surface area contributed by atoms with E-state index in [9.17, 15) is 4.79 Å². The molecule has 2 saturated heterocycles. The zero-order valence-electron chi connectivity index (χ0n) is 10.0. The van der Waals surface area contributed by atoms with Gasteiger partial charge in [-0.25, -0.2) is 0 Å². The molecule has 1 unspecified atom stereocenters. The molecule has 98 valence electrons. The minimum atomic E-state index is 0.272. The van der Waals surface area contributed by atoms with Gasteiger partial charge in [0.05, 0.1) is 0 Å². The Kier molecular flexibility index (Phi) is 6.15. The normalized spacial score (nSPS) is 25.9. The summed E-state index contributed by atoms with van der Waals surface area (Å²) in [6, 6.07) is 0.633. The maximum absolute atomic E-state index is 11.9. The molecule has 0 spiro atoms. The van der Waals surface area contributed by atoms with Crippen molar-refractivity contribution < 1.29 is 9.53 Å². The van der Waals surface area contributed by atoms with Crippen LogP contribution < -0.4 is 5.32 Å². The summed E-state index contributed by atoms with van der Waals surface area (Å²) in [5.41, 5.74) is 0. The number of nitrogens with zero attached hydrogens (tertiary/aromatic N) is 1. The predicted octanol–water partition coefficient (Wildman–Crippen LogP) is 0.368. The van der Waals surface area contributed by atoms with Crippen molar-refractivity contribution in [2.75, 3.05) is 38.6 Å². The fourth-order valence-corrected chi connectivity index (χ4v) is 6.32. The molecule has 0 aliphatic carbocycles. The number of nitrogens with one attached hydrogen (secondary N) is 1. The topological polar surface area (TPSA) is 41.6 Å². The third-order valence-corrected chi connectivity index (χ3v) is 7.36. The summed E-state index contributed by atoms with van der Waals surface area (Å²) in [6.07, 6.45) is 1.92. The Morgan fingerprint density at radius 1 is 1.47 bits per heavy atom. The fraction of sp³-hybridized carbons (Fsp3) is 0.909. The molecule has 0 aromatic rings. The standard InChI is InChI=1S/C11H20N2O2SSe/c14-11(13-4-6-15-7-5-13)1-3-12-10-2-8-17-16-9-10/h10,12H,1-9H2. The van der Waals surface area contributed by atoms with E-state index in [1.54, 1.807) is 0 Å². The molecule has 0 aromatic heterocycles. The van der Waals surface area contributed by atoms with Crippen molar-refractivity contribution in [1.29, 1.82) is 0 Å². The van der Waals surface area contributed by atoms with Gasteiger partial charge in [-0.2, -0.15) is 0 Å². The van der Waals surface area contributed by atoms with Crippen LogP contribution in [0.25, 0.3) is 0 Å². The number of carbonyl (C=O) groups excluding carboxylic acids is 1. The second-order valence-corrected chi connectivity index (χ2v) is 8.92. The van der Waals surface area contributed by atoms with Gasteiger partial charge in [-0.1, -0.05) is 0 Å². The van der Waals surface area contributed by atoms with Crippen LogP contribution in [0.2, 0.25) is 5.32 Å². The van der Waals surface area contributed by atoms with Gasteiger partial charge in [0.2, 0.25) is 0 Å². The summed E-state index contributed by atoms with van der Waals surface area (Å²) in [6.45, 7) is 3.75. The zero-order chi connectivity index (χ0) is 11.9. The molecule has 17 heavy (non-hydrogen) atoms. The molecule has 2 heterocycles. The number of morpholine rings is 1. The van der Waals surface area contributed by atoms with Gasteiger partial charge in [0.1, 0.15) is 0 Å². The van der Waals surface area contributed by atoms with E-state index in [4.69, 9.17) is 4.74 Å². The number of rotatable bonds is 4. The molecular formula is C11H20N2O2SSe. The second-order valence-electron chi connectivity index (χ2n) is 4.29. The molecule has 2 aliphatic rings. The van der Waals surface area contributed by atoms with E-state index in [1.165, 1.54) is 17.5 Å². The van der Waals surface area contributed by atoms with Gasteiger partial charge in [-0.3, -0.25) is 0 Å². The van der Waals surface area contributed by atoms with E-state index in [0.29, 0.717) is 25.7 Å². The SMILES string of the molecule is O=C(CCNC1CC[Se]SC1)N1CCOCC1. The first-order chi connectivity index (χ1) is 8.36.